The van der Waals surface area contributed by atoms with Gasteiger partial charge in [0.05, 0.1) is 15.6 Å². The number of hydrogen-bond acceptors (Lipinski definition) is 5. The zero-order valence-corrected chi connectivity index (χ0v) is 16.9. The normalized spacial score (nSPS) is 11.1. The summed E-state index contributed by atoms with van der Waals surface area (Å²) in [5.74, 6) is -0.355. The van der Waals surface area contributed by atoms with Gasteiger partial charge in [-0.2, -0.15) is 0 Å². The van der Waals surface area contributed by atoms with E-state index in [9.17, 15) is 9.59 Å². The minimum Gasteiger partial charge on any atom is -0.450 e. The van der Waals surface area contributed by atoms with Crippen LogP contribution < -0.4 is 5.73 Å². The maximum atomic E-state index is 12.9. The molecular weight excluding hydrogens is 417 g/mol. The molecule has 2 heterocycles. The molecule has 2 aromatic heterocycles. The average molecular weight is 430 g/mol. The highest BCUT2D eigenvalue weighted by atomic mass is 35.5. The van der Waals surface area contributed by atoms with E-state index >= 15 is 0 Å². The van der Waals surface area contributed by atoms with Crippen LogP contribution in [0.25, 0.3) is 21.4 Å². The Bertz CT molecular complexity index is 1260. The fraction of sp³-hybridized carbons (Fsp3) is 0.0476. The summed E-state index contributed by atoms with van der Waals surface area (Å²) in [6.45, 7) is 1.53. The molecule has 0 unspecified atom stereocenters. The van der Waals surface area contributed by atoms with Crippen LogP contribution in [-0.4, -0.2) is 11.6 Å². The number of halogens is 2. The van der Waals surface area contributed by atoms with E-state index in [2.05, 4.69) is 0 Å². The van der Waals surface area contributed by atoms with Crippen molar-refractivity contribution in [2.45, 2.75) is 6.92 Å². The first kappa shape index (κ1) is 18.7. The van der Waals surface area contributed by atoms with Gasteiger partial charge >= 0.3 is 0 Å². The number of carbonyl (C=O) groups excluding carboxylic acids is 2. The van der Waals surface area contributed by atoms with E-state index in [4.69, 9.17) is 33.4 Å². The minimum absolute atomic E-state index is 0.0206. The Morgan fingerprint density at radius 3 is 2.50 bits per heavy atom. The largest absolute Gasteiger partial charge is 0.450 e. The zero-order valence-electron chi connectivity index (χ0n) is 14.6. The van der Waals surface area contributed by atoms with E-state index in [1.165, 1.54) is 24.3 Å². The Hall–Kier alpha value is -2.60. The van der Waals surface area contributed by atoms with Gasteiger partial charge in [-0.05, 0) is 55.0 Å². The Labute approximate surface area is 174 Å². The molecule has 0 atom stereocenters. The number of hydrogen-bond donors (Lipinski definition) is 1. The summed E-state index contributed by atoms with van der Waals surface area (Å²) in [5.41, 5.74) is 8.05. The van der Waals surface area contributed by atoms with Crippen molar-refractivity contribution in [2.75, 3.05) is 5.73 Å². The van der Waals surface area contributed by atoms with Gasteiger partial charge in [0.1, 0.15) is 5.58 Å². The number of rotatable bonds is 4. The van der Waals surface area contributed by atoms with Gasteiger partial charge in [0.25, 0.3) is 0 Å². The van der Waals surface area contributed by atoms with Crippen molar-refractivity contribution in [1.29, 1.82) is 0 Å². The van der Waals surface area contributed by atoms with Crippen molar-refractivity contribution in [2.24, 2.45) is 0 Å². The van der Waals surface area contributed by atoms with Gasteiger partial charge < -0.3 is 10.2 Å². The van der Waals surface area contributed by atoms with E-state index in [-0.39, 0.29) is 27.8 Å². The van der Waals surface area contributed by atoms with E-state index in [0.717, 1.165) is 10.4 Å². The lowest BCUT2D eigenvalue weighted by atomic mass is 10.1. The highest BCUT2D eigenvalue weighted by Crippen LogP contribution is 2.36. The summed E-state index contributed by atoms with van der Waals surface area (Å²) in [4.78, 5) is 26.0. The van der Waals surface area contributed by atoms with Gasteiger partial charge in [-0.25, -0.2) is 0 Å². The third-order valence-corrected chi connectivity index (χ3v) is 6.13. The molecule has 0 aliphatic heterocycles. The van der Waals surface area contributed by atoms with Crippen molar-refractivity contribution in [3.05, 3.63) is 74.8 Å². The molecule has 0 amide bonds. The molecule has 0 saturated carbocycles. The van der Waals surface area contributed by atoms with E-state index in [1.807, 2.05) is 18.2 Å². The molecule has 0 aliphatic rings. The van der Waals surface area contributed by atoms with E-state index in [0.29, 0.717) is 20.9 Å². The number of anilines is 1. The summed E-state index contributed by atoms with van der Waals surface area (Å²) >= 11 is 13.4. The maximum absolute atomic E-state index is 12.9. The number of nitrogens with two attached hydrogens (primary N) is 1. The Morgan fingerprint density at radius 2 is 1.82 bits per heavy atom. The van der Waals surface area contributed by atoms with Crippen LogP contribution in [0.3, 0.4) is 0 Å². The molecule has 2 N–H and O–H groups in total. The van der Waals surface area contributed by atoms with Gasteiger partial charge in [0, 0.05) is 20.8 Å². The van der Waals surface area contributed by atoms with Crippen LogP contribution >= 0.6 is 34.5 Å². The zero-order chi connectivity index (χ0) is 20.0. The van der Waals surface area contributed by atoms with Crippen LogP contribution in [0.4, 0.5) is 5.69 Å². The van der Waals surface area contributed by atoms with Crippen molar-refractivity contribution < 1.29 is 14.0 Å². The van der Waals surface area contributed by atoms with Gasteiger partial charge in [-0.3, -0.25) is 9.59 Å². The summed E-state index contributed by atoms with van der Waals surface area (Å²) in [6.07, 6.45) is 0. The van der Waals surface area contributed by atoms with Crippen LogP contribution in [0, 0.1) is 0 Å². The Kier molecular flexibility index (Phi) is 4.75. The fourth-order valence-corrected chi connectivity index (χ4v) is 4.31. The van der Waals surface area contributed by atoms with Gasteiger partial charge in [-0.15, -0.1) is 11.3 Å². The molecule has 0 bridgehead atoms. The second-order valence-electron chi connectivity index (χ2n) is 6.23. The molecule has 7 heteroatoms. The lowest BCUT2D eigenvalue weighted by Crippen LogP contribution is -2.03. The molecule has 4 rings (SSSR count). The standard InChI is InChI=1S/C21H13Cl2NO3S/c1-10(25)17-6-7-18(28-17)11-2-4-14-16(8-11)27-21(19(14)24)20(26)13-5-3-12(22)9-15(13)23/h2-9H,24H2,1H3. The first-order valence-corrected chi connectivity index (χ1v) is 9.85. The summed E-state index contributed by atoms with van der Waals surface area (Å²) in [6, 6.07) is 13.8. The first-order valence-electron chi connectivity index (χ1n) is 8.28. The molecule has 2 aromatic carbocycles. The number of fused-ring (bicyclic) bond motifs is 1. The van der Waals surface area contributed by atoms with E-state index in [1.54, 1.807) is 24.3 Å². The van der Waals surface area contributed by atoms with Crippen molar-refractivity contribution in [3.8, 4) is 10.4 Å². The number of nitrogen functional groups attached to an aromatic ring is 1. The van der Waals surface area contributed by atoms with Gasteiger partial charge in [0.2, 0.25) is 5.78 Å². The SMILES string of the molecule is CC(=O)c1ccc(-c2ccc3c(N)c(C(=O)c4ccc(Cl)cc4Cl)oc3c2)s1. The van der Waals surface area contributed by atoms with Gasteiger partial charge in [0.15, 0.2) is 11.5 Å². The molecule has 0 aliphatic carbocycles. The third-order valence-electron chi connectivity index (χ3n) is 4.35. The highest BCUT2D eigenvalue weighted by molar-refractivity contribution is 7.17. The number of furan rings is 1. The number of carbonyl (C=O) groups is 2. The predicted octanol–water partition coefficient (Wildman–Crippen LogP) is 6.48. The predicted molar refractivity (Wildman–Crippen MR) is 114 cm³/mol. The number of Topliss-reactive ketones (excluding diaryl/α,β-unsaturated/α-hetero) is 1. The molecule has 28 heavy (non-hydrogen) atoms. The van der Waals surface area contributed by atoms with Crippen molar-refractivity contribution in [1.82, 2.24) is 0 Å². The number of benzene rings is 2. The minimum atomic E-state index is -0.410. The van der Waals surface area contributed by atoms with Crippen molar-refractivity contribution in [3.63, 3.8) is 0 Å². The Morgan fingerprint density at radius 1 is 1.04 bits per heavy atom. The van der Waals surface area contributed by atoms with E-state index < -0.39 is 5.78 Å². The maximum Gasteiger partial charge on any atom is 0.231 e. The molecule has 0 radical (unpaired) electrons. The van der Waals surface area contributed by atoms with Crippen molar-refractivity contribution >= 4 is 62.8 Å². The monoisotopic (exact) mass is 429 g/mol. The van der Waals surface area contributed by atoms with Crippen LogP contribution in [0.15, 0.2) is 52.9 Å². The average Bonchev–Trinajstić information content (AvgIpc) is 3.26. The Balaban J connectivity index is 1.77. The molecule has 4 aromatic rings. The molecule has 140 valence electrons. The van der Waals surface area contributed by atoms with Gasteiger partial charge in [-0.1, -0.05) is 29.3 Å². The second kappa shape index (κ2) is 7.09. The smallest absolute Gasteiger partial charge is 0.231 e. The summed E-state index contributed by atoms with van der Waals surface area (Å²) in [7, 11) is 0. The summed E-state index contributed by atoms with van der Waals surface area (Å²) < 4.78 is 5.79. The van der Waals surface area contributed by atoms with Crippen LogP contribution in [0.5, 0.6) is 0 Å². The third kappa shape index (κ3) is 3.22. The second-order valence-corrected chi connectivity index (χ2v) is 8.16. The lowest BCUT2D eigenvalue weighted by Gasteiger charge is -2.02. The summed E-state index contributed by atoms with van der Waals surface area (Å²) in [5, 5.41) is 1.30. The number of ketones is 2. The first-order chi connectivity index (χ1) is 13.3. The number of thiophene rings is 1. The van der Waals surface area contributed by atoms with Crippen LogP contribution in [-0.2, 0) is 0 Å². The molecule has 0 fully saturated rings. The quantitative estimate of drug-likeness (QED) is 0.376. The molecule has 4 nitrogen and oxygen atoms in total. The lowest BCUT2D eigenvalue weighted by molar-refractivity contribution is 0.101. The van der Waals surface area contributed by atoms with Crippen LogP contribution in [0.2, 0.25) is 10.0 Å². The fourth-order valence-electron chi connectivity index (χ4n) is 2.92. The molecular formula is C21H13Cl2NO3S. The molecule has 0 spiro atoms. The topological polar surface area (TPSA) is 73.3 Å². The van der Waals surface area contributed by atoms with Crippen LogP contribution in [0.1, 0.15) is 32.7 Å². The highest BCUT2D eigenvalue weighted by Gasteiger charge is 2.22. The molecule has 0 saturated heterocycles.